The molecule has 4 nitrogen and oxygen atoms in total. The topological polar surface area (TPSA) is 70.0 Å². The van der Waals surface area contributed by atoms with Crippen LogP contribution in [0.5, 0.6) is 0 Å². The summed E-state index contributed by atoms with van der Waals surface area (Å²) in [6.45, 7) is 4.00. The van der Waals surface area contributed by atoms with Crippen LogP contribution >= 0.6 is 0 Å². The van der Waals surface area contributed by atoms with Crippen molar-refractivity contribution in [1.82, 2.24) is 5.32 Å². The number of hydrogen-bond acceptors (Lipinski definition) is 4. The molecule has 0 aromatic heterocycles. The lowest BCUT2D eigenvalue weighted by Gasteiger charge is -2.11. The Balaban J connectivity index is 3.76. The smallest absolute Gasteiger partial charge is 0.151 e. The number of sulfone groups is 1. The fraction of sp³-hybridized carbons (Fsp3) is 0.875. The van der Waals surface area contributed by atoms with E-state index in [1.54, 1.807) is 6.92 Å². The second kappa shape index (κ2) is 5.95. The second-order valence-electron chi connectivity index (χ2n) is 2.96. The van der Waals surface area contributed by atoms with Gasteiger partial charge in [-0.2, -0.15) is 5.26 Å². The highest BCUT2D eigenvalue weighted by Gasteiger charge is 2.12. The molecule has 0 heterocycles. The Hall–Kier alpha value is -0.600. The van der Waals surface area contributed by atoms with E-state index in [1.807, 2.05) is 13.0 Å². The molecule has 0 radical (unpaired) electrons. The maximum atomic E-state index is 11.1. The Labute approximate surface area is 79.9 Å². The zero-order valence-electron chi connectivity index (χ0n) is 8.08. The summed E-state index contributed by atoms with van der Waals surface area (Å²) in [5.41, 5.74) is 0. The molecule has 13 heavy (non-hydrogen) atoms. The van der Waals surface area contributed by atoms with Gasteiger partial charge in [0, 0.05) is 24.8 Å². The van der Waals surface area contributed by atoms with Crippen molar-refractivity contribution in [3.05, 3.63) is 0 Å². The second-order valence-corrected chi connectivity index (χ2v) is 5.36. The average Bonchev–Trinajstić information content (AvgIpc) is 2.04. The predicted molar refractivity (Wildman–Crippen MR) is 52.0 cm³/mol. The van der Waals surface area contributed by atoms with Crippen LogP contribution in [0.15, 0.2) is 0 Å². The fourth-order valence-electron chi connectivity index (χ4n) is 0.932. The Kier molecular flexibility index (Phi) is 5.67. The van der Waals surface area contributed by atoms with Crippen LogP contribution in [0.3, 0.4) is 0 Å². The summed E-state index contributed by atoms with van der Waals surface area (Å²) >= 11 is 0. The molecule has 76 valence electrons. The lowest BCUT2D eigenvalue weighted by Crippen LogP contribution is -2.34. The molecular formula is C8H16N2O2S. The van der Waals surface area contributed by atoms with Gasteiger partial charge in [0.25, 0.3) is 0 Å². The van der Waals surface area contributed by atoms with Gasteiger partial charge >= 0.3 is 0 Å². The van der Waals surface area contributed by atoms with E-state index >= 15 is 0 Å². The van der Waals surface area contributed by atoms with Crippen LogP contribution in [0, 0.1) is 11.3 Å². The monoisotopic (exact) mass is 204 g/mol. The van der Waals surface area contributed by atoms with Crippen molar-refractivity contribution >= 4 is 9.84 Å². The quantitative estimate of drug-likeness (QED) is 0.632. The van der Waals surface area contributed by atoms with E-state index in [2.05, 4.69) is 5.32 Å². The number of nitrogens with one attached hydrogen (secondary N) is 1. The normalized spacial score (nSPS) is 13.6. The van der Waals surface area contributed by atoms with Crippen molar-refractivity contribution in [1.29, 1.82) is 5.26 Å². The van der Waals surface area contributed by atoms with E-state index in [0.717, 1.165) is 0 Å². The maximum absolute atomic E-state index is 11.1. The van der Waals surface area contributed by atoms with Crippen molar-refractivity contribution < 1.29 is 8.42 Å². The predicted octanol–water partition coefficient (Wildman–Crippen LogP) is 0.313. The first-order valence-corrected chi connectivity index (χ1v) is 6.14. The average molecular weight is 204 g/mol. The molecule has 0 aliphatic heterocycles. The van der Waals surface area contributed by atoms with Crippen LogP contribution in [0.4, 0.5) is 0 Å². The van der Waals surface area contributed by atoms with Gasteiger partial charge < -0.3 is 5.32 Å². The lowest BCUT2D eigenvalue weighted by atomic mass is 10.3. The van der Waals surface area contributed by atoms with Gasteiger partial charge in [-0.15, -0.1) is 0 Å². The zero-order valence-corrected chi connectivity index (χ0v) is 8.89. The van der Waals surface area contributed by atoms with Gasteiger partial charge in [0.05, 0.1) is 11.8 Å². The minimum absolute atomic E-state index is 0.0710. The van der Waals surface area contributed by atoms with Crippen molar-refractivity contribution in [3.8, 4) is 6.07 Å². The maximum Gasteiger partial charge on any atom is 0.151 e. The summed E-state index contributed by atoms with van der Waals surface area (Å²) in [6, 6.07) is 1.92. The number of rotatable bonds is 6. The van der Waals surface area contributed by atoms with E-state index in [1.165, 1.54) is 0 Å². The molecule has 0 rings (SSSR count). The molecule has 0 saturated heterocycles. The molecule has 0 aromatic carbocycles. The van der Waals surface area contributed by atoms with Crippen LogP contribution in [0.2, 0.25) is 0 Å². The van der Waals surface area contributed by atoms with Gasteiger partial charge in [-0.25, -0.2) is 8.42 Å². The summed E-state index contributed by atoms with van der Waals surface area (Å²) in [7, 11) is -2.90. The molecule has 0 amide bonds. The molecule has 0 bridgehead atoms. The minimum Gasteiger partial charge on any atom is -0.312 e. The van der Waals surface area contributed by atoms with Crippen molar-refractivity contribution in [2.24, 2.45) is 0 Å². The largest absolute Gasteiger partial charge is 0.312 e. The van der Waals surface area contributed by atoms with Crippen LogP contribution in [-0.4, -0.2) is 32.5 Å². The summed E-state index contributed by atoms with van der Waals surface area (Å²) in [4.78, 5) is 0. The first-order valence-electron chi connectivity index (χ1n) is 4.32. The van der Waals surface area contributed by atoms with Gasteiger partial charge in [-0.1, -0.05) is 6.92 Å². The minimum atomic E-state index is -2.90. The fourth-order valence-corrected chi connectivity index (χ4v) is 2.05. The first kappa shape index (κ1) is 12.4. The molecule has 0 spiro atoms. The number of nitriles is 1. The van der Waals surface area contributed by atoms with E-state index in [0.29, 0.717) is 13.0 Å². The molecule has 0 aliphatic carbocycles. The lowest BCUT2D eigenvalue weighted by molar-refractivity contribution is 0.561. The van der Waals surface area contributed by atoms with E-state index < -0.39 is 9.84 Å². The molecule has 0 saturated carbocycles. The molecular weight excluding hydrogens is 188 g/mol. The molecule has 0 aliphatic rings. The first-order chi connectivity index (χ1) is 6.02. The van der Waals surface area contributed by atoms with Crippen LogP contribution in [0.1, 0.15) is 20.3 Å². The third kappa shape index (κ3) is 6.55. The van der Waals surface area contributed by atoms with Crippen LogP contribution in [-0.2, 0) is 9.84 Å². The van der Waals surface area contributed by atoms with Gasteiger partial charge in [0.15, 0.2) is 9.84 Å². The summed E-state index contributed by atoms with van der Waals surface area (Å²) in [5.74, 6) is 0.326. The van der Waals surface area contributed by atoms with Gasteiger partial charge in [-0.05, 0) is 6.92 Å². The van der Waals surface area contributed by atoms with Crippen molar-refractivity contribution in [3.63, 3.8) is 0 Å². The summed E-state index contributed by atoms with van der Waals surface area (Å²) in [6.07, 6.45) is 0.413. The highest BCUT2D eigenvalue weighted by molar-refractivity contribution is 7.91. The summed E-state index contributed by atoms with van der Waals surface area (Å²) < 4.78 is 22.3. The van der Waals surface area contributed by atoms with Gasteiger partial charge in [0.1, 0.15) is 0 Å². The molecule has 1 unspecified atom stereocenters. The third-order valence-corrected chi connectivity index (χ3v) is 3.56. The van der Waals surface area contributed by atoms with Crippen molar-refractivity contribution in [2.75, 3.05) is 18.1 Å². The Morgan fingerprint density at radius 2 is 2.15 bits per heavy atom. The van der Waals surface area contributed by atoms with Crippen molar-refractivity contribution in [2.45, 2.75) is 26.3 Å². The Morgan fingerprint density at radius 1 is 1.54 bits per heavy atom. The zero-order chi connectivity index (χ0) is 10.3. The van der Waals surface area contributed by atoms with E-state index in [-0.39, 0.29) is 17.5 Å². The highest BCUT2D eigenvalue weighted by Crippen LogP contribution is 1.94. The van der Waals surface area contributed by atoms with Gasteiger partial charge in [-0.3, -0.25) is 0 Å². The van der Waals surface area contributed by atoms with Crippen LogP contribution in [0.25, 0.3) is 0 Å². The van der Waals surface area contributed by atoms with Crippen LogP contribution < -0.4 is 5.32 Å². The molecule has 0 aromatic rings. The number of nitrogens with zero attached hydrogens (tertiary/aromatic N) is 1. The Bertz CT molecular complexity index is 266. The third-order valence-electron chi connectivity index (χ3n) is 1.67. The van der Waals surface area contributed by atoms with E-state index in [4.69, 9.17) is 5.26 Å². The number of hydrogen-bond donors (Lipinski definition) is 1. The van der Waals surface area contributed by atoms with E-state index in [9.17, 15) is 8.42 Å². The SMILES string of the molecule is CCS(=O)(=O)CC(C)NCCC#N. The standard InChI is InChI=1S/C8H16N2O2S/c1-3-13(11,12)7-8(2)10-6-4-5-9/h8,10H,3-4,6-7H2,1-2H3. The summed E-state index contributed by atoms with van der Waals surface area (Å²) in [5, 5.41) is 11.2. The molecule has 1 N–H and O–H groups in total. The highest BCUT2D eigenvalue weighted by atomic mass is 32.2. The Morgan fingerprint density at radius 3 is 2.62 bits per heavy atom. The van der Waals surface area contributed by atoms with Gasteiger partial charge in [0.2, 0.25) is 0 Å². The molecule has 0 fully saturated rings. The molecule has 1 atom stereocenters. The molecule has 5 heteroatoms.